The fourth-order valence-corrected chi connectivity index (χ4v) is 5.77. The molecule has 8 nitrogen and oxygen atoms in total. The molecule has 36 heavy (non-hydrogen) atoms. The second kappa shape index (κ2) is 9.48. The number of nitrogens with zero attached hydrogens (tertiary/aromatic N) is 5. The van der Waals surface area contributed by atoms with E-state index in [2.05, 4.69) is 14.9 Å². The lowest BCUT2D eigenvalue weighted by molar-refractivity contribution is -0.00224. The van der Waals surface area contributed by atoms with Crippen molar-refractivity contribution >= 4 is 16.8 Å². The van der Waals surface area contributed by atoms with E-state index in [1.807, 2.05) is 40.7 Å². The van der Waals surface area contributed by atoms with E-state index in [0.29, 0.717) is 31.6 Å². The van der Waals surface area contributed by atoms with Gasteiger partial charge in [-0.25, -0.2) is 9.97 Å². The van der Waals surface area contributed by atoms with E-state index >= 15 is 0 Å². The Hall–Kier alpha value is -2.97. The van der Waals surface area contributed by atoms with E-state index in [0.717, 1.165) is 54.3 Å². The normalized spacial score (nSPS) is 21.4. The maximum atomic E-state index is 13.6. The SMILES string of the molecule is CC1(O)CCN(C(=O)c2cc3cc(OC4CCN(C5CCC5)CC4)ccc3n2-c2cncnc2)CC1. The van der Waals surface area contributed by atoms with Crippen molar-refractivity contribution in [3.05, 3.63) is 48.7 Å². The fourth-order valence-electron chi connectivity index (χ4n) is 5.77. The number of carbonyl (C=O) groups is 1. The van der Waals surface area contributed by atoms with Gasteiger partial charge < -0.3 is 24.2 Å². The predicted molar refractivity (Wildman–Crippen MR) is 137 cm³/mol. The van der Waals surface area contributed by atoms with Gasteiger partial charge >= 0.3 is 0 Å². The number of benzene rings is 1. The van der Waals surface area contributed by atoms with E-state index in [1.165, 1.54) is 25.6 Å². The number of amides is 1. The van der Waals surface area contributed by atoms with Gasteiger partial charge in [0.2, 0.25) is 0 Å². The summed E-state index contributed by atoms with van der Waals surface area (Å²) in [5, 5.41) is 11.3. The third kappa shape index (κ3) is 4.60. The minimum absolute atomic E-state index is 0.0450. The Morgan fingerprint density at radius 2 is 1.75 bits per heavy atom. The number of hydrogen-bond acceptors (Lipinski definition) is 6. The lowest BCUT2D eigenvalue weighted by Gasteiger charge is -2.41. The fraction of sp³-hybridized carbons (Fsp3) is 0.536. The van der Waals surface area contributed by atoms with Gasteiger partial charge in [-0.1, -0.05) is 6.42 Å². The van der Waals surface area contributed by atoms with Gasteiger partial charge in [-0.05, 0) is 69.7 Å². The molecule has 8 heteroatoms. The van der Waals surface area contributed by atoms with Crippen LogP contribution in [-0.4, -0.2) is 79.3 Å². The minimum atomic E-state index is -0.711. The van der Waals surface area contributed by atoms with Crippen molar-refractivity contribution in [2.75, 3.05) is 26.2 Å². The average molecular weight is 490 g/mol. The summed E-state index contributed by atoms with van der Waals surface area (Å²) in [4.78, 5) is 26.5. The Morgan fingerprint density at radius 1 is 1.03 bits per heavy atom. The van der Waals surface area contributed by atoms with Crippen LogP contribution in [0.5, 0.6) is 5.75 Å². The van der Waals surface area contributed by atoms with E-state index in [4.69, 9.17) is 4.74 Å². The molecule has 190 valence electrons. The molecule has 3 aromatic rings. The lowest BCUT2D eigenvalue weighted by Crippen LogP contribution is -2.46. The molecule has 0 atom stereocenters. The molecule has 1 amide bonds. The molecule has 3 fully saturated rings. The summed E-state index contributed by atoms with van der Waals surface area (Å²) < 4.78 is 8.35. The molecule has 4 heterocycles. The summed E-state index contributed by atoms with van der Waals surface area (Å²) in [6.45, 7) is 5.14. The maximum absolute atomic E-state index is 13.6. The van der Waals surface area contributed by atoms with Crippen molar-refractivity contribution in [3.8, 4) is 11.4 Å². The van der Waals surface area contributed by atoms with Gasteiger partial charge in [0, 0.05) is 37.6 Å². The number of ether oxygens (including phenoxy) is 1. The summed E-state index contributed by atoms with van der Waals surface area (Å²) in [5.41, 5.74) is 1.53. The lowest BCUT2D eigenvalue weighted by atomic mass is 9.90. The second-order valence-corrected chi connectivity index (χ2v) is 10.9. The molecule has 0 spiro atoms. The molecule has 0 radical (unpaired) electrons. The van der Waals surface area contributed by atoms with Crippen LogP contribution < -0.4 is 4.74 Å². The van der Waals surface area contributed by atoms with Crippen LogP contribution in [0.4, 0.5) is 0 Å². The highest BCUT2D eigenvalue weighted by Crippen LogP contribution is 2.32. The van der Waals surface area contributed by atoms with Crippen molar-refractivity contribution in [1.82, 2.24) is 24.3 Å². The van der Waals surface area contributed by atoms with Crippen molar-refractivity contribution in [2.24, 2.45) is 0 Å². The highest BCUT2D eigenvalue weighted by Gasteiger charge is 2.32. The van der Waals surface area contributed by atoms with E-state index in [1.54, 1.807) is 12.4 Å². The Bertz CT molecular complexity index is 1220. The Kier molecular flexibility index (Phi) is 6.17. The first-order valence-electron chi connectivity index (χ1n) is 13.3. The van der Waals surface area contributed by atoms with Crippen LogP contribution in [0.15, 0.2) is 43.0 Å². The van der Waals surface area contributed by atoms with Gasteiger partial charge in [0.25, 0.3) is 5.91 Å². The Morgan fingerprint density at radius 3 is 2.42 bits per heavy atom. The van der Waals surface area contributed by atoms with Crippen molar-refractivity contribution in [3.63, 3.8) is 0 Å². The quantitative estimate of drug-likeness (QED) is 0.587. The largest absolute Gasteiger partial charge is 0.490 e. The number of carbonyl (C=O) groups excluding carboxylic acids is 1. The first-order valence-corrected chi connectivity index (χ1v) is 13.3. The molecule has 2 aromatic heterocycles. The van der Waals surface area contributed by atoms with E-state index in [-0.39, 0.29) is 12.0 Å². The topological polar surface area (TPSA) is 83.7 Å². The molecular weight excluding hydrogens is 454 g/mol. The molecular formula is C28H35N5O3. The molecule has 1 N–H and O–H groups in total. The molecule has 1 aromatic carbocycles. The van der Waals surface area contributed by atoms with Crippen LogP contribution in [0, 0.1) is 0 Å². The van der Waals surface area contributed by atoms with Crippen molar-refractivity contribution < 1.29 is 14.6 Å². The average Bonchev–Trinajstić information content (AvgIpc) is 3.23. The summed E-state index contributed by atoms with van der Waals surface area (Å²) in [7, 11) is 0. The van der Waals surface area contributed by atoms with Crippen LogP contribution >= 0.6 is 0 Å². The van der Waals surface area contributed by atoms with Crippen LogP contribution in [0.3, 0.4) is 0 Å². The highest BCUT2D eigenvalue weighted by molar-refractivity contribution is 6.00. The summed E-state index contributed by atoms with van der Waals surface area (Å²) in [6, 6.07) is 8.83. The molecule has 0 unspecified atom stereocenters. The number of likely N-dealkylation sites (tertiary alicyclic amines) is 2. The predicted octanol–water partition coefficient (Wildman–Crippen LogP) is 3.80. The smallest absolute Gasteiger partial charge is 0.270 e. The van der Waals surface area contributed by atoms with E-state index in [9.17, 15) is 9.90 Å². The zero-order valence-electron chi connectivity index (χ0n) is 21.0. The molecule has 1 saturated carbocycles. The van der Waals surface area contributed by atoms with Gasteiger partial charge in [-0.3, -0.25) is 4.79 Å². The summed E-state index contributed by atoms with van der Waals surface area (Å²) in [6.07, 6.45) is 12.5. The molecule has 0 bridgehead atoms. The number of aromatic nitrogens is 3. The first-order chi connectivity index (χ1) is 17.5. The Labute approximate surface area is 211 Å². The zero-order valence-corrected chi connectivity index (χ0v) is 21.0. The number of rotatable bonds is 5. The highest BCUT2D eigenvalue weighted by atomic mass is 16.5. The molecule has 3 aliphatic rings. The Balaban J connectivity index is 1.26. The standard InChI is InChI=1S/C28H35N5O3/c1-28(35)9-13-32(14-10-28)27(34)26-16-20-15-24(5-6-25(20)33(26)22-17-29-19-30-18-22)36-23-7-11-31(12-8-23)21-3-2-4-21/h5-6,15-19,21,23,35H,2-4,7-14H2,1H3. The van der Waals surface area contributed by atoms with Crippen molar-refractivity contribution in [2.45, 2.75) is 69.6 Å². The van der Waals surface area contributed by atoms with Gasteiger partial charge in [0.05, 0.1) is 29.2 Å². The van der Waals surface area contributed by atoms with E-state index < -0.39 is 5.60 Å². The van der Waals surface area contributed by atoms with Gasteiger partial charge in [0.1, 0.15) is 23.9 Å². The van der Waals surface area contributed by atoms with Crippen LogP contribution in [0.2, 0.25) is 0 Å². The second-order valence-electron chi connectivity index (χ2n) is 10.9. The number of fused-ring (bicyclic) bond motifs is 1. The third-order valence-electron chi connectivity index (χ3n) is 8.30. The maximum Gasteiger partial charge on any atom is 0.270 e. The van der Waals surface area contributed by atoms with Crippen molar-refractivity contribution in [1.29, 1.82) is 0 Å². The molecule has 2 aliphatic heterocycles. The monoisotopic (exact) mass is 489 g/mol. The van der Waals surface area contributed by atoms with Crippen LogP contribution in [0.25, 0.3) is 16.6 Å². The zero-order chi connectivity index (χ0) is 24.7. The van der Waals surface area contributed by atoms with Gasteiger partial charge in [-0.15, -0.1) is 0 Å². The van der Waals surface area contributed by atoms with Crippen LogP contribution in [0.1, 0.15) is 62.4 Å². The first kappa shape index (κ1) is 23.4. The summed E-state index contributed by atoms with van der Waals surface area (Å²) >= 11 is 0. The number of hydrogen-bond donors (Lipinski definition) is 1. The summed E-state index contributed by atoms with van der Waals surface area (Å²) in [5.74, 6) is 0.801. The van der Waals surface area contributed by atoms with Gasteiger partial charge in [-0.2, -0.15) is 0 Å². The molecule has 1 aliphatic carbocycles. The molecule has 6 rings (SSSR count). The minimum Gasteiger partial charge on any atom is -0.490 e. The number of piperidine rings is 2. The third-order valence-corrected chi connectivity index (χ3v) is 8.30. The van der Waals surface area contributed by atoms with Gasteiger partial charge in [0.15, 0.2) is 0 Å². The van der Waals surface area contributed by atoms with Crippen LogP contribution in [-0.2, 0) is 0 Å². The number of aliphatic hydroxyl groups is 1. The molecule has 2 saturated heterocycles.